The smallest absolute Gasteiger partial charge is 0.228 e. The molecule has 1 amide bonds. The lowest BCUT2D eigenvalue weighted by Crippen LogP contribution is -2.14. The highest BCUT2D eigenvalue weighted by molar-refractivity contribution is 5.92. The maximum atomic E-state index is 11.8. The van der Waals surface area contributed by atoms with Gasteiger partial charge in [-0.05, 0) is 48.7 Å². The molecule has 0 spiro atoms. The minimum atomic E-state index is 0.00727. The lowest BCUT2D eigenvalue weighted by Gasteiger charge is -2.07. The molecule has 2 aromatic rings. The van der Waals surface area contributed by atoms with Gasteiger partial charge < -0.3 is 10.3 Å². The van der Waals surface area contributed by atoms with Gasteiger partial charge in [-0.1, -0.05) is 6.07 Å². The summed E-state index contributed by atoms with van der Waals surface area (Å²) < 4.78 is 0. The molecule has 0 bridgehead atoms. The first kappa shape index (κ1) is 11.5. The van der Waals surface area contributed by atoms with Crippen LogP contribution in [0.5, 0.6) is 0 Å². The van der Waals surface area contributed by atoms with Crippen molar-refractivity contribution in [3.05, 3.63) is 53.3 Å². The third-order valence-corrected chi connectivity index (χ3v) is 2.82. The topological polar surface area (TPSA) is 44.9 Å². The molecule has 0 aliphatic rings. The van der Waals surface area contributed by atoms with E-state index in [4.69, 9.17) is 0 Å². The largest absolute Gasteiger partial charge is 0.367 e. The van der Waals surface area contributed by atoms with Gasteiger partial charge in [-0.25, -0.2) is 0 Å². The molecule has 1 aromatic heterocycles. The van der Waals surface area contributed by atoms with E-state index in [1.54, 1.807) is 0 Å². The van der Waals surface area contributed by atoms with Gasteiger partial charge >= 0.3 is 0 Å². The highest BCUT2D eigenvalue weighted by Crippen LogP contribution is 2.14. The van der Waals surface area contributed by atoms with E-state index in [9.17, 15) is 4.79 Å². The Labute approximate surface area is 101 Å². The zero-order chi connectivity index (χ0) is 12.3. The number of anilines is 1. The first-order chi connectivity index (χ1) is 8.15. The maximum absolute atomic E-state index is 11.8. The normalized spacial score (nSPS) is 10.2. The van der Waals surface area contributed by atoms with Crippen LogP contribution in [0.15, 0.2) is 36.7 Å². The molecule has 0 unspecified atom stereocenters. The van der Waals surface area contributed by atoms with E-state index in [-0.39, 0.29) is 5.91 Å². The van der Waals surface area contributed by atoms with Crippen LogP contribution < -0.4 is 5.32 Å². The zero-order valence-electron chi connectivity index (χ0n) is 10.1. The second-order valence-corrected chi connectivity index (χ2v) is 4.24. The van der Waals surface area contributed by atoms with Gasteiger partial charge in [0.1, 0.15) is 0 Å². The van der Waals surface area contributed by atoms with Crippen molar-refractivity contribution in [2.45, 2.75) is 20.3 Å². The lowest BCUT2D eigenvalue weighted by atomic mass is 10.1. The van der Waals surface area contributed by atoms with Gasteiger partial charge in [-0.15, -0.1) is 0 Å². The molecule has 88 valence electrons. The minimum absolute atomic E-state index is 0.00727. The fourth-order valence-electron chi connectivity index (χ4n) is 1.68. The highest BCUT2D eigenvalue weighted by Gasteiger charge is 2.04. The van der Waals surface area contributed by atoms with Crippen molar-refractivity contribution in [1.82, 2.24) is 4.98 Å². The van der Waals surface area contributed by atoms with Gasteiger partial charge in [0.2, 0.25) is 5.91 Å². The van der Waals surface area contributed by atoms with Crippen LogP contribution in [0.1, 0.15) is 16.7 Å². The summed E-state index contributed by atoms with van der Waals surface area (Å²) in [5.41, 5.74) is 4.26. The van der Waals surface area contributed by atoms with Crippen LogP contribution in [0.4, 0.5) is 5.69 Å². The van der Waals surface area contributed by atoms with E-state index in [1.807, 2.05) is 43.6 Å². The Bertz CT molecular complexity index is 515. The summed E-state index contributed by atoms with van der Waals surface area (Å²) in [6.07, 6.45) is 4.05. The molecule has 1 heterocycles. The van der Waals surface area contributed by atoms with Crippen molar-refractivity contribution in [1.29, 1.82) is 0 Å². The minimum Gasteiger partial charge on any atom is -0.367 e. The number of amides is 1. The van der Waals surface area contributed by atoms with Crippen LogP contribution in [0.25, 0.3) is 0 Å². The van der Waals surface area contributed by atoms with Gasteiger partial charge in [-0.2, -0.15) is 0 Å². The SMILES string of the molecule is Cc1ccc(NC(=O)Cc2cc[nH]c2)cc1C. The molecule has 17 heavy (non-hydrogen) atoms. The van der Waals surface area contributed by atoms with Crippen molar-refractivity contribution in [3.63, 3.8) is 0 Å². The molecular formula is C14H16N2O. The molecule has 0 fully saturated rings. The zero-order valence-corrected chi connectivity index (χ0v) is 10.1. The monoisotopic (exact) mass is 228 g/mol. The molecule has 0 aliphatic carbocycles. The number of carbonyl (C=O) groups excluding carboxylic acids is 1. The fourth-order valence-corrected chi connectivity index (χ4v) is 1.68. The Hall–Kier alpha value is -2.03. The number of aromatic amines is 1. The predicted octanol–water partition coefficient (Wildman–Crippen LogP) is 2.81. The van der Waals surface area contributed by atoms with E-state index >= 15 is 0 Å². The average molecular weight is 228 g/mol. The molecule has 1 aromatic carbocycles. The quantitative estimate of drug-likeness (QED) is 0.833. The molecule has 3 heteroatoms. The summed E-state index contributed by atoms with van der Waals surface area (Å²) in [6.45, 7) is 4.10. The Morgan fingerprint density at radius 1 is 1.24 bits per heavy atom. The second-order valence-electron chi connectivity index (χ2n) is 4.24. The molecule has 0 saturated carbocycles. The van der Waals surface area contributed by atoms with Gasteiger partial charge in [0.25, 0.3) is 0 Å². The standard InChI is InChI=1S/C14H16N2O/c1-10-3-4-13(7-11(10)2)16-14(17)8-12-5-6-15-9-12/h3-7,9,15H,8H2,1-2H3,(H,16,17). The van der Waals surface area contributed by atoms with Crippen molar-refractivity contribution in [2.75, 3.05) is 5.32 Å². The number of hydrogen-bond acceptors (Lipinski definition) is 1. The Kier molecular flexibility index (Phi) is 3.28. The van der Waals surface area contributed by atoms with Gasteiger partial charge in [0, 0.05) is 18.1 Å². The molecule has 0 aliphatic heterocycles. The number of rotatable bonds is 3. The number of hydrogen-bond donors (Lipinski definition) is 2. The van der Waals surface area contributed by atoms with E-state index < -0.39 is 0 Å². The van der Waals surface area contributed by atoms with E-state index in [0.717, 1.165) is 11.3 Å². The highest BCUT2D eigenvalue weighted by atomic mass is 16.1. The van der Waals surface area contributed by atoms with E-state index in [0.29, 0.717) is 6.42 Å². The molecule has 2 rings (SSSR count). The van der Waals surface area contributed by atoms with Crippen LogP contribution in [0.3, 0.4) is 0 Å². The average Bonchev–Trinajstić information content (AvgIpc) is 2.76. The fraction of sp³-hybridized carbons (Fsp3) is 0.214. The molecule has 0 saturated heterocycles. The Balaban J connectivity index is 2.00. The van der Waals surface area contributed by atoms with Gasteiger partial charge in [-0.3, -0.25) is 4.79 Å². The molecule has 3 nitrogen and oxygen atoms in total. The van der Waals surface area contributed by atoms with Crippen molar-refractivity contribution in [3.8, 4) is 0 Å². The summed E-state index contributed by atoms with van der Waals surface area (Å²) in [5.74, 6) is 0.00727. The summed E-state index contributed by atoms with van der Waals surface area (Å²) in [7, 11) is 0. The number of nitrogens with one attached hydrogen (secondary N) is 2. The van der Waals surface area contributed by atoms with Crippen LogP contribution >= 0.6 is 0 Å². The number of benzene rings is 1. The summed E-state index contributed by atoms with van der Waals surface area (Å²) >= 11 is 0. The first-order valence-corrected chi connectivity index (χ1v) is 5.64. The number of aryl methyl sites for hydroxylation is 2. The van der Waals surface area contributed by atoms with Crippen LogP contribution in [-0.4, -0.2) is 10.9 Å². The van der Waals surface area contributed by atoms with Gasteiger partial charge in [0.05, 0.1) is 6.42 Å². The third-order valence-electron chi connectivity index (χ3n) is 2.82. The van der Waals surface area contributed by atoms with Crippen LogP contribution in [0, 0.1) is 13.8 Å². The molecule has 0 radical (unpaired) electrons. The lowest BCUT2D eigenvalue weighted by molar-refractivity contribution is -0.115. The maximum Gasteiger partial charge on any atom is 0.228 e. The second kappa shape index (κ2) is 4.87. The Morgan fingerprint density at radius 3 is 2.71 bits per heavy atom. The summed E-state index contributed by atoms with van der Waals surface area (Å²) in [4.78, 5) is 14.7. The van der Waals surface area contributed by atoms with Crippen molar-refractivity contribution in [2.24, 2.45) is 0 Å². The van der Waals surface area contributed by atoms with Crippen LogP contribution in [0.2, 0.25) is 0 Å². The third kappa shape index (κ3) is 2.97. The summed E-state index contributed by atoms with van der Waals surface area (Å²) in [5, 5.41) is 2.90. The first-order valence-electron chi connectivity index (χ1n) is 5.64. The van der Waals surface area contributed by atoms with Crippen molar-refractivity contribution >= 4 is 11.6 Å². The molecule has 0 atom stereocenters. The van der Waals surface area contributed by atoms with E-state index in [1.165, 1.54) is 11.1 Å². The van der Waals surface area contributed by atoms with Gasteiger partial charge in [0.15, 0.2) is 0 Å². The van der Waals surface area contributed by atoms with Crippen LogP contribution in [-0.2, 0) is 11.2 Å². The number of aromatic nitrogens is 1. The number of H-pyrrole nitrogens is 1. The van der Waals surface area contributed by atoms with E-state index in [2.05, 4.69) is 17.2 Å². The molecular weight excluding hydrogens is 212 g/mol. The number of carbonyl (C=O) groups is 1. The predicted molar refractivity (Wildman–Crippen MR) is 69.0 cm³/mol. The Morgan fingerprint density at radius 2 is 2.06 bits per heavy atom. The van der Waals surface area contributed by atoms with Crippen molar-refractivity contribution < 1.29 is 4.79 Å². The summed E-state index contributed by atoms with van der Waals surface area (Å²) in [6, 6.07) is 7.84. The molecule has 2 N–H and O–H groups in total.